The predicted molar refractivity (Wildman–Crippen MR) is 53.1 cm³/mol. The van der Waals surface area contributed by atoms with Crippen molar-refractivity contribution in [2.24, 2.45) is 0 Å². The molecule has 1 aliphatic rings. The Morgan fingerprint density at radius 1 is 1.15 bits per heavy atom. The topological polar surface area (TPSA) is 0 Å². The number of rotatable bonds is 0. The summed E-state index contributed by atoms with van der Waals surface area (Å²) in [5.41, 5.74) is 4.44. The van der Waals surface area contributed by atoms with Gasteiger partial charge < -0.3 is 0 Å². The number of aryl methyl sites for hydroxylation is 2. The molecule has 2 rings (SSSR count). The molecule has 0 N–H and O–H groups in total. The quantitative estimate of drug-likeness (QED) is 0.567. The fourth-order valence-electron chi connectivity index (χ4n) is 1.78. The van der Waals surface area contributed by atoms with Crippen LogP contribution in [0.4, 0.5) is 4.39 Å². The van der Waals surface area contributed by atoms with Gasteiger partial charge in [-0.25, -0.2) is 4.39 Å². The van der Waals surface area contributed by atoms with Crippen LogP contribution in [-0.2, 0) is 6.42 Å². The lowest BCUT2D eigenvalue weighted by molar-refractivity contribution is 0.616. The first kappa shape index (κ1) is 8.49. The number of hydrogen-bond donors (Lipinski definition) is 0. The highest BCUT2D eigenvalue weighted by atomic mass is 19.1. The Morgan fingerprint density at radius 3 is 2.69 bits per heavy atom. The van der Waals surface area contributed by atoms with Gasteiger partial charge in [-0.05, 0) is 49.4 Å². The molecule has 1 aromatic carbocycles. The van der Waals surface area contributed by atoms with E-state index >= 15 is 0 Å². The van der Waals surface area contributed by atoms with Gasteiger partial charge in [-0.2, -0.15) is 0 Å². The van der Waals surface area contributed by atoms with Gasteiger partial charge in [0, 0.05) is 0 Å². The van der Waals surface area contributed by atoms with Crippen LogP contribution in [0.25, 0.3) is 6.08 Å². The molecular formula is C12H13F. The van der Waals surface area contributed by atoms with Gasteiger partial charge in [-0.3, -0.25) is 0 Å². The lowest BCUT2D eigenvalue weighted by Crippen LogP contribution is -1.99. The Morgan fingerprint density at radius 2 is 1.92 bits per heavy atom. The highest BCUT2D eigenvalue weighted by molar-refractivity contribution is 5.59. The monoisotopic (exact) mass is 176 g/mol. The van der Waals surface area contributed by atoms with Gasteiger partial charge in [0.05, 0.1) is 0 Å². The average molecular weight is 176 g/mol. The Hall–Kier alpha value is -1.11. The molecule has 0 spiro atoms. The van der Waals surface area contributed by atoms with E-state index in [1.165, 1.54) is 11.1 Å². The van der Waals surface area contributed by atoms with Crippen molar-refractivity contribution in [3.05, 3.63) is 40.2 Å². The first-order chi connectivity index (χ1) is 6.16. The molecule has 0 unspecified atom stereocenters. The number of fused-ring (bicyclic) bond motifs is 1. The largest absolute Gasteiger partial charge is 0.207 e. The van der Waals surface area contributed by atoms with Crippen LogP contribution in [-0.4, -0.2) is 0 Å². The Kier molecular flexibility index (Phi) is 1.95. The number of halogens is 1. The average Bonchev–Trinajstić information content (AvgIpc) is 2.08. The minimum Gasteiger partial charge on any atom is -0.207 e. The Balaban J connectivity index is 2.57. The van der Waals surface area contributed by atoms with E-state index in [4.69, 9.17) is 0 Å². The van der Waals surface area contributed by atoms with Crippen molar-refractivity contribution in [2.75, 3.05) is 0 Å². The van der Waals surface area contributed by atoms with E-state index in [0.717, 1.165) is 24.0 Å². The van der Waals surface area contributed by atoms with Gasteiger partial charge in [0.1, 0.15) is 5.82 Å². The van der Waals surface area contributed by atoms with Crippen molar-refractivity contribution in [3.63, 3.8) is 0 Å². The molecule has 0 nitrogen and oxygen atoms in total. The zero-order chi connectivity index (χ0) is 9.42. The summed E-state index contributed by atoms with van der Waals surface area (Å²) < 4.78 is 13.2. The van der Waals surface area contributed by atoms with Crippen molar-refractivity contribution in [1.82, 2.24) is 0 Å². The minimum absolute atomic E-state index is 0.0929. The fourth-order valence-corrected chi connectivity index (χ4v) is 1.78. The molecule has 0 heterocycles. The summed E-state index contributed by atoms with van der Waals surface area (Å²) in [6, 6.07) is 3.61. The molecule has 0 atom stereocenters. The van der Waals surface area contributed by atoms with Gasteiger partial charge in [0.25, 0.3) is 0 Å². The van der Waals surface area contributed by atoms with Gasteiger partial charge >= 0.3 is 0 Å². The zero-order valence-electron chi connectivity index (χ0n) is 8.02. The number of hydrogen-bond acceptors (Lipinski definition) is 0. The van der Waals surface area contributed by atoms with Crippen LogP contribution in [0.2, 0.25) is 0 Å². The standard InChI is InChI=1S/C12H13F/c1-8-3-4-10-6-9(2)12(13)7-11(10)5-8/h5-7H,3-4H2,1-2H3. The molecule has 0 bridgehead atoms. The predicted octanol–water partition coefficient (Wildman–Crippen LogP) is 3.48. The van der Waals surface area contributed by atoms with E-state index in [2.05, 4.69) is 13.0 Å². The highest BCUT2D eigenvalue weighted by Crippen LogP contribution is 2.25. The number of benzene rings is 1. The maximum atomic E-state index is 13.2. The second kappa shape index (κ2) is 2.99. The minimum atomic E-state index is -0.0929. The molecule has 0 saturated carbocycles. The fraction of sp³-hybridized carbons (Fsp3) is 0.333. The van der Waals surface area contributed by atoms with Crippen molar-refractivity contribution < 1.29 is 4.39 Å². The summed E-state index contributed by atoms with van der Waals surface area (Å²) >= 11 is 0. The zero-order valence-corrected chi connectivity index (χ0v) is 8.02. The van der Waals surface area contributed by atoms with E-state index in [9.17, 15) is 4.39 Å². The van der Waals surface area contributed by atoms with Gasteiger partial charge in [0.15, 0.2) is 0 Å². The maximum Gasteiger partial charge on any atom is 0.126 e. The van der Waals surface area contributed by atoms with Gasteiger partial charge in [-0.1, -0.05) is 17.7 Å². The molecule has 0 aliphatic heterocycles. The SMILES string of the molecule is CC1=Cc2cc(F)c(C)cc2CC1. The van der Waals surface area contributed by atoms with Gasteiger partial charge in [0.2, 0.25) is 0 Å². The molecule has 0 aromatic heterocycles. The van der Waals surface area contributed by atoms with Crippen LogP contribution in [0.15, 0.2) is 17.7 Å². The maximum absolute atomic E-state index is 13.2. The molecule has 13 heavy (non-hydrogen) atoms. The lowest BCUT2D eigenvalue weighted by Gasteiger charge is -2.14. The van der Waals surface area contributed by atoms with Gasteiger partial charge in [-0.15, -0.1) is 0 Å². The van der Waals surface area contributed by atoms with E-state index in [1.54, 1.807) is 6.07 Å². The molecule has 0 fully saturated rings. The summed E-state index contributed by atoms with van der Waals surface area (Å²) in [6.07, 6.45) is 4.25. The molecular weight excluding hydrogens is 163 g/mol. The number of allylic oxidation sites excluding steroid dienone is 1. The van der Waals surface area contributed by atoms with E-state index in [-0.39, 0.29) is 5.82 Å². The highest BCUT2D eigenvalue weighted by Gasteiger charge is 2.10. The van der Waals surface area contributed by atoms with E-state index < -0.39 is 0 Å². The van der Waals surface area contributed by atoms with E-state index in [1.807, 2.05) is 13.0 Å². The Bertz CT molecular complexity index is 375. The molecule has 1 aliphatic carbocycles. The second-order valence-corrected chi connectivity index (χ2v) is 3.79. The summed E-state index contributed by atoms with van der Waals surface area (Å²) in [4.78, 5) is 0. The van der Waals surface area contributed by atoms with Crippen LogP contribution in [0.3, 0.4) is 0 Å². The van der Waals surface area contributed by atoms with Crippen molar-refractivity contribution in [3.8, 4) is 0 Å². The molecule has 0 radical (unpaired) electrons. The first-order valence-electron chi connectivity index (χ1n) is 4.63. The van der Waals surface area contributed by atoms with Crippen molar-refractivity contribution >= 4 is 6.08 Å². The molecule has 1 aromatic rings. The Labute approximate surface area is 78.1 Å². The van der Waals surface area contributed by atoms with E-state index in [0.29, 0.717) is 0 Å². The first-order valence-corrected chi connectivity index (χ1v) is 4.63. The lowest BCUT2D eigenvalue weighted by atomic mass is 9.91. The summed E-state index contributed by atoms with van der Waals surface area (Å²) in [7, 11) is 0. The van der Waals surface area contributed by atoms with Crippen LogP contribution in [0, 0.1) is 12.7 Å². The molecule has 0 amide bonds. The van der Waals surface area contributed by atoms with Crippen molar-refractivity contribution in [1.29, 1.82) is 0 Å². The summed E-state index contributed by atoms with van der Waals surface area (Å²) in [6.45, 7) is 3.92. The summed E-state index contributed by atoms with van der Waals surface area (Å²) in [5, 5.41) is 0. The summed E-state index contributed by atoms with van der Waals surface area (Å²) in [5.74, 6) is -0.0929. The third-order valence-corrected chi connectivity index (χ3v) is 2.61. The molecule has 68 valence electrons. The second-order valence-electron chi connectivity index (χ2n) is 3.79. The van der Waals surface area contributed by atoms with Crippen LogP contribution < -0.4 is 0 Å². The molecule has 0 saturated heterocycles. The normalized spacial score (nSPS) is 15.2. The smallest absolute Gasteiger partial charge is 0.126 e. The third kappa shape index (κ3) is 1.51. The van der Waals surface area contributed by atoms with Crippen LogP contribution >= 0.6 is 0 Å². The van der Waals surface area contributed by atoms with Crippen molar-refractivity contribution in [2.45, 2.75) is 26.7 Å². The van der Waals surface area contributed by atoms with Crippen LogP contribution in [0.5, 0.6) is 0 Å². The van der Waals surface area contributed by atoms with Crippen LogP contribution in [0.1, 0.15) is 30.0 Å². The third-order valence-electron chi connectivity index (χ3n) is 2.61. The molecule has 1 heteroatoms.